The fraction of sp³-hybridized carbons (Fsp3) is 0.379. The third-order valence-corrected chi connectivity index (χ3v) is 7.81. The Labute approximate surface area is 206 Å². The Morgan fingerprint density at radius 3 is 2.26 bits per heavy atom. The largest absolute Gasteiger partial charge is 0.493 e. The Balaban J connectivity index is 1.39. The number of hydrogen-bond donors (Lipinski definition) is 0. The van der Waals surface area contributed by atoms with Crippen LogP contribution < -0.4 is 9.47 Å². The van der Waals surface area contributed by atoms with Crippen LogP contribution in [0.15, 0.2) is 53.9 Å². The van der Waals surface area contributed by atoms with E-state index in [0.717, 1.165) is 44.1 Å². The summed E-state index contributed by atoms with van der Waals surface area (Å²) in [6, 6.07) is 18.1. The lowest BCUT2D eigenvalue weighted by atomic mass is 9.87. The summed E-state index contributed by atoms with van der Waals surface area (Å²) >= 11 is 1.83. The van der Waals surface area contributed by atoms with Gasteiger partial charge in [0.1, 0.15) is 0 Å². The highest BCUT2D eigenvalue weighted by Crippen LogP contribution is 2.34. The van der Waals surface area contributed by atoms with Crippen LogP contribution in [-0.4, -0.2) is 30.2 Å². The van der Waals surface area contributed by atoms with E-state index in [9.17, 15) is 0 Å². The van der Waals surface area contributed by atoms with Gasteiger partial charge in [0.05, 0.1) is 24.4 Å². The summed E-state index contributed by atoms with van der Waals surface area (Å²) in [7, 11) is 3.41. The van der Waals surface area contributed by atoms with Crippen molar-refractivity contribution in [3.05, 3.63) is 81.9 Å². The molecule has 1 aliphatic heterocycles. The highest BCUT2D eigenvalue weighted by Gasteiger charge is 2.21. The van der Waals surface area contributed by atoms with E-state index >= 15 is 0 Å². The minimum Gasteiger partial charge on any atom is -0.493 e. The average molecular weight is 475 g/mol. The van der Waals surface area contributed by atoms with E-state index in [1.54, 1.807) is 14.2 Å². The molecule has 0 saturated heterocycles. The molecule has 0 fully saturated rings. The highest BCUT2D eigenvalue weighted by atomic mass is 32.1. The van der Waals surface area contributed by atoms with E-state index in [4.69, 9.17) is 9.47 Å². The van der Waals surface area contributed by atoms with Gasteiger partial charge in [-0.1, -0.05) is 45.0 Å². The van der Waals surface area contributed by atoms with Crippen LogP contribution in [0.4, 0.5) is 0 Å². The first kappa shape index (κ1) is 23.0. The molecule has 0 radical (unpaired) electrons. The van der Waals surface area contributed by atoms with Gasteiger partial charge >= 0.3 is 0 Å². The molecule has 0 unspecified atom stereocenters. The Morgan fingerprint density at radius 1 is 0.882 bits per heavy atom. The molecular formula is C29H34N2O2S. The zero-order valence-corrected chi connectivity index (χ0v) is 21.7. The average Bonchev–Trinajstić information content (AvgIpc) is 3.40. The number of ether oxygens (including phenoxy) is 2. The SMILES string of the molecule is COc1cc2c(cc1OC)CN(Cc1cc3sccc3n1Cc1ccc(C(C)(C)C)cc1)CC2. The number of fused-ring (bicyclic) bond motifs is 2. The molecular weight excluding hydrogens is 440 g/mol. The number of thiophene rings is 1. The summed E-state index contributed by atoms with van der Waals surface area (Å²) < 4.78 is 14.9. The second-order valence-corrected chi connectivity index (χ2v) is 11.2. The minimum absolute atomic E-state index is 0.176. The Kier molecular flexibility index (Phi) is 6.17. The lowest BCUT2D eigenvalue weighted by molar-refractivity contribution is 0.239. The molecule has 0 atom stereocenters. The summed E-state index contributed by atoms with van der Waals surface area (Å²) in [5.74, 6) is 1.63. The summed E-state index contributed by atoms with van der Waals surface area (Å²) in [5, 5.41) is 2.20. The molecule has 0 spiro atoms. The Morgan fingerprint density at radius 2 is 1.59 bits per heavy atom. The maximum absolute atomic E-state index is 5.55. The molecule has 1 aliphatic rings. The van der Waals surface area contributed by atoms with Crippen LogP contribution in [0.5, 0.6) is 11.5 Å². The molecule has 5 rings (SSSR count). The van der Waals surface area contributed by atoms with Gasteiger partial charge in [-0.05, 0) is 63.7 Å². The lowest BCUT2D eigenvalue weighted by Gasteiger charge is -2.30. The zero-order chi connectivity index (χ0) is 23.9. The van der Waals surface area contributed by atoms with Crippen LogP contribution in [0.25, 0.3) is 10.2 Å². The van der Waals surface area contributed by atoms with Gasteiger partial charge in [-0.25, -0.2) is 0 Å². The quantitative estimate of drug-likeness (QED) is 0.314. The van der Waals surface area contributed by atoms with E-state index in [-0.39, 0.29) is 5.41 Å². The molecule has 0 N–H and O–H groups in total. The maximum Gasteiger partial charge on any atom is 0.161 e. The number of rotatable bonds is 6. The van der Waals surface area contributed by atoms with Crippen LogP contribution in [0.1, 0.15) is 48.7 Å². The van der Waals surface area contributed by atoms with Crippen molar-refractivity contribution in [1.82, 2.24) is 9.47 Å². The van der Waals surface area contributed by atoms with Gasteiger partial charge in [-0.2, -0.15) is 0 Å². The molecule has 0 amide bonds. The van der Waals surface area contributed by atoms with Crippen molar-refractivity contribution in [2.45, 2.75) is 52.2 Å². The number of methoxy groups -OCH3 is 2. The number of nitrogens with zero attached hydrogens (tertiary/aromatic N) is 2. The first-order valence-electron chi connectivity index (χ1n) is 12.0. The highest BCUT2D eigenvalue weighted by molar-refractivity contribution is 7.17. The predicted octanol–water partition coefficient (Wildman–Crippen LogP) is 6.62. The molecule has 4 nitrogen and oxygen atoms in total. The van der Waals surface area contributed by atoms with Gasteiger partial charge in [0.25, 0.3) is 0 Å². The molecule has 0 aliphatic carbocycles. The predicted molar refractivity (Wildman–Crippen MR) is 141 cm³/mol. The summed E-state index contributed by atoms with van der Waals surface area (Å²) in [6.07, 6.45) is 1.03. The number of aromatic nitrogens is 1. The standard InChI is InChI=1S/C29H34N2O2S/c1-29(2,3)23-8-6-20(7-9-23)17-31-24(16-28-25(31)11-13-34-28)19-30-12-10-21-14-26(32-4)27(33-5)15-22(21)18-30/h6-9,11,13-16H,10,12,17-19H2,1-5H3. The van der Waals surface area contributed by atoms with Gasteiger partial charge in [0.2, 0.25) is 0 Å². The molecule has 0 bridgehead atoms. The van der Waals surface area contributed by atoms with Crippen molar-refractivity contribution in [3.63, 3.8) is 0 Å². The van der Waals surface area contributed by atoms with Gasteiger partial charge in [-0.15, -0.1) is 11.3 Å². The molecule has 4 aromatic rings. The molecule has 0 saturated carbocycles. The van der Waals surface area contributed by atoms with Crippen molar-refractivity contribution >= 4 is 21.6 Å². The van der Waals surface area contributed by atoms with Crippen LogP contribution in [0.2, 0.25) is 0 Å². The van der Waals surface area contributed by atoms with Crippen molar-refractivity contribution in [2.24, 2.45) is 0 Å². The van der Waals surface area contributed by atoms with Gasteiger partial charge in [0, 0.05) is 31.9 Å². The summed E-state index contributed by atoms with van der Waals surface area (Å²) in [4.78, 5) is 2.55. The number of hydrogen-bond acceptors (Lipinski definition) is 4. The van der Waals surface area contributed by atoms with Crippen molar-refractivity contribution in [3.8, 4) is 11.5 Å². The summed E-state index contributed by atoms with van der Waals surface area (Å²) in [6.45, 7) is 10.6. The molecule has 2 aromatic heterocycles. The maximum atomic E-state index is 5.55. The number of benzene rings is 2. The van der Waals surface area contributed by atoms with Crippen LogP contribution in [0, 0.1) is 0 Å². The summed E-state index contributed by atoms with van der Waals surface area (Å²) in [5.41, 5.74) is 8.32. The van der Waals surface area contributed by atoms with E-state index in [0.29, 0.717) is 0 Å². The minimum atomic E-state index is 0.176. The van der Waals surface area contributed by atoms with Crippen LogP contribution in [-0.2, 0) is 31.5 Å². The fourth-order valence-electron chi connectivity index (χ4n) is 4.95. The second-order valence-electron chi connectivity index (χ2n) is 10.3. The van der Waals surface area contributed by atoms with E-state index in [1.807, 2.05) is 11.3 Å². The van der Waals surface area contributed by atoms with E-state index < -0.39 is 0 Å². The third kappa shape index (κ3) is 4.47. The van der Waals surface area contributed by atoms with E-state index in [1.165, 1.54) is 38.2 Å². The molecule has 34 heavy (non-hydrogen) atoms. The molecule has 178 valence electrons. The van der Waals surface area contributed by atoms with E-state index in [2.05, 4.69) is 84.1 Å². The van der Waals surface area contributed by atoms with Crippen LogP contribution >= 0.6 is 11.3 Å². The van der Waals surface area contributed by atoms with Gasteiger partial charge in [0.15, 0.2) is 11.5 Å². The normalized spacial score (nSPS) is 14.4. The topological polar surface area (TPSA) is 26.6 Å². The monoisotopic (exact) mass is 474 g/mol. The smallest absolute Gasteiger partial charge is 0.161 e. The molecule has 3 heterocycles. The lowest BCUT2D eigenvalue weighted by Crippen LogP contribution is -2.31. The molecule has 2 aromatic carbocycles. The Bertz CT molecular complexity index is 1290. The fourth-order valence-corrected chi connectivity index (χ4v) is 5.79. The first-order valence-corrected chi connectivity index (χ1v) is 12.8. The van der Waals surface area contributed by atoms with Crippen molar-refractivity contribution in [1.29, 1.82) is 0 Å². The first-order chi connectivity index (χ1) is 16.4. The zero-order valence-electron chi connectivity index (χ0n) is 20.9. The Hall–Kier alpha value is -2.76. The van der Waals surface area contributed by atoms with Gasteiger partial charge in [-0.3, -0.25) is 4.90 Å². The third-order valence-electron chi connectivity index (χ3n) is 6.95. The van der Waals surface area contributed by atoms with Gasteiger partial charge < -0.3 is 14.0 Å². The molecule has 5 heteroatoms. The van der Waals surface area contributed by atoms with Crippen molar-refractivity contribution < 1.29 is 9.47 Å². The van der Waals surface area contributed by atoms with Crippen LogP contribution in [0.3, 0.4) is 0 Å². The van der Waals surface area contributed by atoms with Crippen molar-refractivity contribution in [2.75, 3.05) is 20.8 Å². The second kappa shape index (κ2) is 9.12.